The fourth-order valence-electron chi connectivity index (χ4n) is 3.40. The van der Waals surface area contributed by atoms with E-state index in [0.717, 1.165) is 0 Å². The fourth-order valence-corrected chi connectivity index (χ4v) is 3.40. The summed E-state index contributed by atoms with van der Waals surface area (Å²) >= 11 is 0. The Kier molecular flexibility index (Phi) is 4.31. The fraction of sp³-hybridized carbons (Fsp3) is 0.562. The molecule has 3 heterocycles. The van der Waals surface area contributed by atoms with Crippen molar-refractivity contribution in [2.24, 2.45) is 0 Å². The minimum Gasteiger partial charge on any atom is -0.480 e. The van der Waals surface area contributed by atoms with E-state index in [1.165, 1.54) is 17.2 Å². The number of carboxylic acids is 1. The van der Waals surface area contributed by atoms with Crippen molar-refractivity contribution in [1.29, 1.82) is 0 Å². The van der Waals surface area contributed by atoms with Crippen molar-refractivity contribution in [2.45, 2.75) is 38.0 Å². The van der Waals surface area contributed by atoms with Gasteiger partial charge in [-0.2, -0.15) is 0 Å². The number of carboxylic acid groups (broad SMARTS) is 1. The molecule has 2 saturated heterocycles. The molecular weight excluding hydrogens is 316 g/mol. The Balaban J connectivity index is 1.85. The first kappa shape index (κ1) is 16.5. The molecule has 1 aromatic heterocycles. The molecule has 2 fully saturated rings. The third kappa shape index (κ3) is 2.66. The molecule has 1 atom stereocenters. The maximum absolute atomic E-state index is 12.8. The highest BCUT2D eigenvalue weighted by atomic mass is 16.5. The molecule has 1 N–H and O–H groups in total. The second kappa shape index (κ2) is 6.27. The van der Waals surface area contributed by atoms with Gasteiger partial charge in [0.25, 0.3) is 5.91 Å². The zero-order chi connectivity index (χ0) is 17.3. The zero-order valence-corrected chi connectivity index (χ0v) is 13.4. The summed E-state index contributed by atoms with van der Waals surface area (Å²) in [5.41, 5.74) is -1.00. The molecule has 3 rings (SSSR count). The number of amides is 2. The highest BCUT2D eigenvalue weighted by molar-refractivity contribution is 5.95. The van der Waals surface area contributed by atoms with E-state index in [1.54, 1.807) is 17.9 Å². The van der Waals surface area contributed by atoms with Gasteiger partial charge in [0.05, 0.1) is 12.9 Å². The summed E-state index contributed by atoms with van der Waals surface area (Å²) in [6, 6.07) is 2.02. The van der Waals surface area contributed by atoms with E-state index in [4.69, 9.17) is 9.15 Å². The van der Waals surface area contributed by atoms with Crippen LogP contribution in [0.5, 0.6) is 0 Å². The summed E-state index contributed by atoms with van der Waals surface area (Å²) in [6.07, 6.45) is 2.56. The van der Waals surface area contributed by atoms with Crippen LogP contribution in [-0.4, -0.2) is 64.2 Å². The number of hydrogen-bond donors (Lipinski definition) is 1. The average Bonchev–Trinajstić information content (AvgIpc) is 3.23. The van der Waals surface area contributed by atoms with E-state index < -0.39 is 23.6 Å². The molecule has 0 radical (unpaired) electrons. The molecular formula is C16H20N2O6. The van der Waals surface area contributed by atoms with E-state index >= 15 is 0 Å². The number of aliphatic carboxylic acids is 1. The number of rotatable bonds is 3. The van der Waals surface area contributed by atoms with E-state index in [0.29, 0.717) is 32.4 Å². The highest BCUT2D eigenvalue weighted by Gasteiger charge is 2.54. The normalized spacial score (nSPS) is 22.8. The predicted molar refractivity (Wildman–Crippen MR) is 81.1 cm³/mol. The van der Waals surface area contributed by atoms with Crippen LogP contribution in [0, 0.1) is 0 Å². The average molecular weight is 336 g/mol. The van der Waals surface area contributed by atoms with Crippen LogP contribution in [0.25, 0.3) is 0 Å². The van der Waals surface area contributed by atoms with Crippen LogP contribution in [0.2, 0.25) is 0 Å². The van der Waals surface area contributed by atoms with Gasteiger partial charge in [0.1, 0.15) is 5.72 Å². The lowest BCUT2D eigenvalue weighted by Gasteiger charge is -2.43. The number of nitrogens with zero attached hydrogens (tertiary/aromatic N) is 2. The van der Waals surface area contributed by atoms with Gasteiger partial charge in [0, 0.05) is 32.4 Å². The van der Waals surface area contributed by atoms with Crippen molar-refractivity contribution in [2.75, 3.05) is 19.7 Å². The van der Waals surface area contributed by atoms with Crippen molar-refractivity contribution in [3.05, 3.63) is 24.2 Å². The van der Waals surface area contributed by atoms with Crippen LogP contribution >= 0.6 is 0 Å². The number of hydrogen-bond acceptors (Lipinski definition) is 5. The predicted octanol–water partition coefficient (Wildman–Crippen LogP) is 0.934. The van der Waals surface area contributed by atoms with E-state index in [2.05, 4.69) is 0 Å². The van der Waals surface area contributed by atoms with E-state index in [1.807, 2.05) is 0 Å². The lowest BCUT2D eigenvalue weighted by molar-refractivity contribution is -0.148. The standard InChI is InChI=1S/C16H20N2O6/c1-2-13(19)17-7-5-16(6-8-17)18(11(10-24-16)15(21)22)14(20)12-4-3-9-23-12/h3-4,9,11H,2,5-8,10H2,1H3,(H,21,22). The molecule has 0 aromatic carbocycles. The molecule has 1 aromatic rings. The molecule has 2 aliphatic heterocycles. The van der Waals surface area contributed by atoms with Crippen molar-refractivity contribution < 1.29 is 28.6 Å². The first-order valence-corrected chi connectivity index (χ1v) is 8.00. The first-order chi connectivity index (χ1) is 11.5. The maximum atomic E-state index is 12.8. The van der Waals surface area contributed by atoms with Gasteiger partial charge in [-0.05, 0) is 12.1 Å². The molecule has 0 bridgehead atoms. The summed E-state index contributed by atoms with van der Waals surface area (Å²) in [5, 5.41) is 9.45. The Morgan fingerprint density at radius 1 is 1.33 bits per heavy atom. The number of piperidine rings is 1. The van der Waals surface area contributed by atoms with Gasteiger partial charge in [0.15, 0.2) is 11.8 Å². The largest absolute Gasteiger partial charge is 0.480 e. The van der Waals surface area contributed by atoms with Crippen molar-refractivity contribution in [3.8, 4) is 0 Å². The lowest BCUT2D eigenvalue weighted by Crippen LogP contribution is -2.58. The number of carbonyl (C=O) groups excluding carboxylic acids is 2. The molecule has 1 spiro atoms. The molecule has 24 heavy (non-hydrogen) atoms. The monoisotopic (exact) mass is 336 g/mol. The maximum Gasteiger partial charge on any atom is 0.328 e. The van der Waals surface area contributed by atoms with Gasteiger partial charge in [-0.3, -0.25) is 14.5 Å². The first-order valence-electron chi connectivity index (χ1n) is 8.00. The Morgan fingerprint density at radius 3 is 2.58 bits per heavy atom. The molecule has 0 saturated carbocycles. The minimum absolute atomic E-state index is 0.0431. The van der Waals surface area contributed by atoms with Crippen molar-refractivity contribution >= 4 is 17.8 Å². The third-order valence-electron chi connectivity index (χ3n) is 4.70. The van der Waals surface area contributed by atoms with Crippen LogP contribution in [0.1, 0.15) is 36.7 Å². The lowest BCUT2D eigenvalue weighted by atomic mass is 9.97. The van der Waals surface area contributed by atoms with E-state index in [9.17, 15) is 19.5 Å². The Hall–Kier alpha value is -2.35. The zero-order valence-electron chi connectivity index (χ0n) is 13.4. The summed E-state index contributed by atoms with van der Waals surface area (Å²) in [4.78, 5) is 39.2. The van der Waals surface area contributed by atoms with Gasteiger partial charge in [-0.1, -0.05) is 6.92 Å². The second-order valence-corrected chi connectivity index (χ2v) is 6.00. The summed E-state index contributed by atoms with van der Waals surface area (Å²) in [6.45, 7) is 2.59. The molecule has 8 heteroatoms. The molecule has 1 unspecified atom stereocenters. The summed E-state index contributed by atoms with van der Waals surface area (Å²) in [5.74, 6) is -1.49. The van der Waals surface area contributed by atoms with Crippen LogP contribution in [0.15, 0.2) is 22.8 Å². The van der Waals surface area contributed by atoms with Crippen LogP contribution in [0.3, 0.4) is 0 Å². The third-order valence-corrected chi connectivity index (χ3v) is 4.70. The topological polar surface area (TPSA) is 100 Å². The Bertz CT molecular complexity index is 633. The molecule has 8 nitrogen and oxygen atoms in total. The van der Waals surface area contributed by atoms with Gasteiger partial charge >= 0.3 is 5.97 Å². The minimum atomic E-state index is -1.11. The molecule has 2 aliphatic rings. The summed E-state index contributed by atoms with van der Waals surface area (Å²) in [7, 11) is 0. The summed E-state index contributed by atoms with van der Waals surface area (Å²) < 4.78 is 10.9. The molecule has 0 aliphatic carbocycles. The van der Waals surface area contributed by atoms with Gasteiger partial charge in [-0.15, -0.1) is 0 Å². The number of ether oxygens (including phenoxy) is 1. The van der Waals surface area contributed by atoms with Crippen LogP contribution in [0.4, 0.5) is 0 Å². The van der Waals surface area contributed by atoms with Crippen molar-refractivity contribution in [3.63, 3.8) is 0 Å². The van der Waals surface area contributed by atoms with Crippen LogP contribution in [-0.2, 0) is 14.3 Å². The highest BCUT2D eigenvalue weighted by Crippen LogP contribution is 2.38. The van der Waals surface area contributed by atoms with Gasteiger partial charge in [-0.25, -0.2) is 4.79 Å². The number of likely N-dealkylation sites (tertiary alicyclic amines) is 1. The molecule has 2 amide bonds. The number of carbonyl (C=O) groups is 3. The SMILES string of the molecule is CCC(=O)N1CCC2(CC1)OCC(C(=O)O)N2C(=O)c1ccco1. The number of furan rings is 1. The Labute approximate surface area is 139 Å². The Morgan fingerprint density at radius 2 is 2.04 bits per heavy atom. The smallest absolute Gasteiger partial charge is 0.328 e. The van der Waals surface area contributed by atoms with Crippen LogP contribution < -0.4 is 0 Å². The van der Waals surface area contributed by atoms with Gasteiger partial charge < -0.3 is 19.2 Å². The van der Waals surface area contributed by atoms with Crippen molar-refractivity contribution in [1.82, 2.24) is 9.80 Å². The van der Waals surface area contributed by atoms with E-state index in [-0.39, 0.29) is 18.3 Å². The molecule has 130 valence electrons. The van der Waals surface area contributed by atoms with Gasteiger partial charge in [0.2, 0.25) is 5.91 Å². The quantitative estimate of drug-likeness (QED) is 0.881. The second-order valence-electron chi connectivity index (χ2n) is 6.00.